The number of carbonyl (C=O) groups excluding carboxylic acids is 2. The smallest absolute Gasteiger partial charge is 0.298 e. The Hall–Kier alpha value is -1.14. The summed E-state index contributed by atoms with van der Waals surface area (Å²) in [5.41, 5.74) is 0. The third-order valence-corrected chi connectivity index (χ3v) is 5.61. The van der Waals surface area contributed by atoms with Gasteiger partial charge in [-0.3, -0.25) is 9.78 Å². The molecular weight excluding hydrogens is 384 g/mol. The second kappa shape index (κ2) is 17.5. The summed E-state index contributed by atoms with van der Waals surface area (Å²) in [5, 5.41) is 0. The van der Waals surface area contributed by atoms with Gasteiger partial charge in [-0.1, -0.05) is 67.2 Å². The average molecular weight is 431 g/mol. The molecule has 0 aliphatic heterocycles. The first-order valence-corrected chi connectivity index (χ1v) is 12.0. The molecule has 0 heterocycles. The van der Waals surface area contributed by atoms with E-state index in [0.717, 1.165) is 51.4 Å². The molecule has 0 aliphatic rings. The Morgan fingerprint density at radius 1 is 0.667 bits per heavy atom. The first-order valence-electron chi connectivity index (χ1n) is 12.0. The molecule has 6 heteroatoms. The monoisotopic (exact) mass is 430 g/mol. The van der Waals surface area contributed by atoms with Crippen LogP contribution >= 0.6 is 0 Å². The number of hydrogen-bond acceptors (Lipinski definition) is 6. The summed E-state index contributed by atoms with van der Waals surface area (Å²) in [5.74, 6) is -0.614. The van der Waals surface area contributed by atoms with Crippen LogP contribution in [0.5, 0.6) is 0 Å². The van der Waals surface area contributed by atoms with E-state index in [2.05, 4.69) is 13.8 Å². The van der Waals surface area contributed by atoms with Crippen LogP contribution in [0.1, 0.15) is 113 Å². The third kappa shape index (κ3) is 12.5. The molecule has 0 aromatic rings. The predicted octanol–water partition coefficient (Wildman–Crippen LogP) is 6.56. The van der Waals surface area contributed by atoms with Gasteiger partial charge in [-0.25, -0.2) is 9.59 Å². The molecule has 0 N–H and O–H groups in total. The molecule has 0 saturated carbocycles. The molecule has 6 nitrogen and oxygen atoms in total. The summed E-state index contributed by atoms with van der Waals surface area (Å²) >= 11 is 0. The number of rotatable bonds is 18. The Bertz CT molecular complexity index is 451. The van der Waals surface area contributed by atoms with Crippen molar-refractivity contribution in [1.82, 2.24) is 0 Å². The van der Waals surface area contributed by atoms with Gasteiger partial charge in [-0.2, -0.15) is 9.78 Å². The maximum absolute atomic E-state index is 12.3. The van der Waals surface area contributed by atoms with E-state index in [1.54, 1.807) is 0 Å². The van der Waals surface area contributed by atoms with Gasteiger partial charge in [0.2, 0.25) is 0 Å². The van der Waals surface area contributed by atoms with E-state index in [1.165, 1.54) is 0 Å². The molecule has 0 bridgehead atoms. The molecule has 4 unspecified atom stereocenters. The topological polar surface area (TPSA) is 71.1 Å². The van der Waals surface area contributed by atoms with Gasteiger partial charge in [0.05, 0.1) is 11.8 Å². The largest absolute Gasteiger partial charge is 0.345 e. The van der Waals surface area contributed by atoms with E-state index in [9.17, 15) is 9.59 Å². The van der Waals surface area contributed by atoms with E-state index < -0.39 is 0 Å². The van der Waals surface area contributed by atoms with Crippen molar-refractivity contribution < 1.29 is 29.1 Å². The van der Waals surface area contributed by atoms with Crippen LogP contribution in [0.15, 0.2) is 0 Å². The molecule has 178 valence electrons. The molecule has 0 aliphatic carbocycles. The predicted molar refractivity (Wildman–Crippen MR) is 118 cm³/mol. The molecule has 4 atom stereocenters. The minimum Gasteiger partial charge on any atom is -0.298 e. The first-order chi connectivity index (χ1) is 14.3. The minimum atomic E-state index is -0.291. The summed E-state index contributed by atoms with van der Waals surface area (Å²) in [4.78, 5) is 45.4. The molecule has 30 heavy (non-hydrogen) atoms. The quantitative estimate of drug-likeness (QED) is 0.181. The van der Waals surface area contributed by atoms with Gasteiger partial charge in [-0.15, -0.1) is 0 Å². The van der Waals surface area contributed by atoms with E-state index in [4.69, 9.17) is 19.6 Å². The molecular formula is C24H46O6. The van der Waals surface area contributed by atoms with Crippen molar-refractivity contribution in [2.45, 2.75) is 125 Å². The Labute approximate surface area is 184 Å². The fourth-order valence-corrected chi connectivity index (χ4v) is 3.19. The van der Waals surface area contributed by atoms with Crippen molar-refractivity contribution in [3.8, 4) is 0 Å². The lowest BCUT2D eigenvalue weighted by Gasteiger charge is -2.22. The molecule has 0 fully saturated rings. The van der Waals surface area contributed by atoms with Crippen LogP contribution in [0.2, 0.25) is 0 Å². The molecule has 0 aromatic heterocycles. The van der Waals surface area contributed by atoms with Crippen molar-refractivity contribution in [2.75, 3.05) is 0 Å². The van der Waals surface area contributed by atoms with Gasteiger partial charge >= 0.3 is 11.9 Å². The van der Waals surface area contributed by atoms with Gasteiger partial charge in [0.1, 0.15) is 12.2 Å². The highest BCUT2D eigenvalue weighted by Crippen LogP contribution is 2.20. The van der Waals surface area contributed by atoms with Crippen molar-refractivity contribution in [2.24, 2.45) is 17.8 Å². The van der Waals surface area contributed by atoms with Crippen LogP contribution in [0.25, 0.3) is 0 Å². The standard InChI is InChI=1S/C24H46O6/c1-8-12-14-20(10-3)23(25)29-27-19(7)16-17-22(18(5)6)28-30-24(26)21(11-4)15-13-9-2/h18-22H,8-17H2,1-7H3. The SMILES string of the molecule is CCCCC(CC)C(=O)OOC(C)CCC(OOC(=O)C(CC)CCCC)C(C)C. The van der Waals surface area contributed by atoms with E-state index in [1.807, 2.05) is 34.6 Å². The summed E-state index contributed by atoms with van der Waals surface area (Å²) in [7, 11) is 0. The van der Waals surface area contributed by atoms with Crippen LogP contribution in [0.4, 0.5) is 0 Å². The Kier molecular flexibility index (Phi) is 16.9. The molecule has 0 saturated heterocycles. The average Bonchev–Trinajstić information content (AvgIpc) is 2.72. The minimum absolute atomic E-state index is 0.109. The number of hydrogen-bond donors (Lipinski definition) is 0. The molecule has 0 spiro atoms. The highest BCUT2D eigenvalue weighted by atomic mass is 17.2. The van der Waals surface area contributed by atoms with Crippen molar-refractivity contribution in [3.05, 3.63) is 0 Å². The summed E-state index contributed by atoms with van der Waals surface area (Å²) < 4.78 is 0. The van der Waals surface area contributed by atoms with Gasteiger partial charge < -0.3 is 0 Å². The Balaban J connectivity index is 4.39. The van der Waals surface area contributed by atoms with Crippen LogP contribution in [0, 0.1) is 17.8 Å². The van der Waals surface area contributed by atoms with E-state index >= 15 is 0 Å². The maximum atomic E-state index is 12.3. The number of carbonyl (C=O) groups is 2. The van der Waals surface area contributed by atoms with Crippen molar-refractivity contribution in [1.29, 1.82) is 0 Å². The van der Waals surface area contributed by atoms with Crippen LogP contribution < -0.4 is 0 Å². The zero-order valence-corrected chi connectivity index (χ0v) is 20.4. The van der Waals surface area contributed by atoms with Crippen LogP contribution in [-0.2, 0) is 29.1 Å². The summed E-state index contributed by atoms with van der Waals surface area (Å²) in [6.07, 6.45) is 8.07. The van der Waals surface area contributed by atoms with Crippen LogP contribution in [-0.4, -0.2) is 24.1 Å². The van der Waals surface area contributed by atoms with Crippen molar-refractivity contribution >= 4 is 11.9 Å². The van der Waals surface area contributed by atoms with Gasteiger partial charge in [0.15, 0.2) is 0 Å². The van der Waals surface area contributed by atoms with E-state index in [-0.39, 0.29) is 41.9 Å². The molecule has 0 radical (unpaired) electrons. The zero-order valence-electron chi connectivity index (χ0n) is 20.4. The summed E-state index contributed by atoms with van der Waals surface area (Å²) in [6, 6.07) is 0. The lowest BCUT2D eigenvalue weighted by atomic mass is 10.00. The van der Waals surface area contributed by atoms with Gasteiger partial charge in [0, 0.05) is 0 Å². The number of unbranched alkanes of at least 4 members (excludes halogenated alkanes) is 2. The summed E-state index contributed by atoms with van der Waals surface area (Å²) in [6.45, 7) is 14.1. The highest BCUT2D eigenvalue weighted by Gasteiger charge is 2.24. The first kappa shape index (κ1) is 28.9. The Morgan fingerprint density at radius 3 is 1.53 bits per heavy atom. The molecule has 0 rings (SSSR count). The highest BCUT2D eigenvalue weighted by molar-refractivity contribution is 5.72. The fraction of sp³-hybridized carbons (Fsp3) is 0.917. The van der Waals surface area contributed by atoms with Crippen molar-refractivity contribution in [3.63, 3.8) is 0 Å². The van der Waals surface area contributed by atoms with Gasteiger partial charge in [-0.05, 0) is 51.4 Å². The fourth-order valence-electron chi connectivity index (χ4n) is 3.19. The van der Waals surface area contributed by atoms with Gasteiger partial charge in [0.25, 0.3) is 0 Å². The van der Waals surface area contributed by atoms with Crippen LogP contribution in [0.3, 0.4) is 0 Å². The normalized spacial score (nSPS) is 15.5. The van der Waals surface area contributed by atoms with E-state index in [0.29, 0.717) is 12.8 Å². The second-order valence-electron chi connectivity index (χ2n) is 8.66. The molecule has 0 aromatic carbocycles. The third-order valence-electron chi connectivity index (χ3n) is 5.61. The lowest BCUT2D eigenvalue weighted by molar-refractivity contribution is -0.316. The maximum Gasteiger partial charge on any atom is 0.345 e. The molecule has 0 amide bonds. The lowest BCUT2D eigenvalue weighted by Crippen LogP contribution is -2.27. The zero-order chi connectivity index (χ0) is 22.9. The Morgan fingerprint density at radius 2 is 1.13 bits per heavy atom. The second-order valence-corrected chi connectivity index (χ2v) is 8.66.